The molecular formula is C18H28FNO5. The lowest BCUT2D eigenvalue weighted by molar-refractivity contribution is -0.159. The minimum Gasteiger partial charge on any atom is -0.481 e. The lowest BCUT2D eigenvalue weighted by Crippen LogP contribution is -2.39. The Morgan fingerprint density at radius 1 is 1.24 bits per heavy atom. The molecule has 6 nitrogen and oxygen atoms in total. The van der Waals surface area contributed by atoms with E-state index in [-0.39, 0.29) is 43.1 Å². The fraction of sp³-hybridized carbons (Fsp3) is 0.833. The molecule has 0 spiro atoms. The number of carbonyl (C=O) groups excluding carboxylic acids is 2. The third kappa shape index (κ3) is 4.50. The standard InChI is InChI=1S/C18H28FNO5/c1-17(2,3)25-15(22)13-5-4-12(10-13)14(21)20-9-7-18(11-20,6-8-19)16(23)24/h12-13H,4-11H2,1-3H3,(H,23,24)/t12-,13+,18?/m0/s1. The number of esters is 1. The molecule has 0 aromatic carbocycles. The largest absolute Gasteiger partial charge is 0.481 e. The van der Waals surface area contributed by atoms with Gasteiger partial charge in [-0.25, -0.2) is 0 Å². The molecule has 1 amide bonds. The van der Waals surface area contributed by atoms with Gasteiger partial charge in [-0.1, -0.05) is 0 Å². The first-order chi connectivity index (χ1) is 11.6. The second-order valence-electron chi connectivity index (χ2n) is 8.27. The molecule has 1 aliphatic carbocycles. The summed E-state index contributed by atoms with van der Waals surface area (Å²) in [5.74, 6) is -2.01. The van der Waals surface area contributed by atoms with Crippen LogP contribution < -0.4 is 0 Å². The van der Waals surface area contributed by atoms with Gasteiger partial charge in [0.15, 0.2) is 0 Å². The molecule has 1 saturated carbocycles. The van der Waals surface area contributed by atoms with Crippen molar-refractivity contribution >= 4 is 17.8 Å². The van der Waals surface area contributed by atoms with Gasteiger partial charge in [0, 0.05) is 19.0 Å². The second kappa shape index (κ2) is 7.30. The molecule has 0 bridgehead atoms. The summed E-state index contributed by atoms with van der Waals surface area (Å²) in [5.41, 5.74) is -1.73. The van der Waals surface area contributed by atoms with E-state index in [0.717, 1.165) is 0 Å². The molecule has 7 heteroatoms. The number of rotatable bonds is 5. The van der Waals surface area contributed by atoms with Crippen LogP contribution in [0, 0.1) is 17.3 Å². The predicted octanol–water partition coefficient (Wildman–Crippen LogP) is 2.41. The van der Waals surface area contributed by atoms with E-state index in [0.29, 0.717) is 25.8 Å². The Kier molecular flexibility index (Phi) is 5.74. The van der Waals surface area contributed by atoms with Gasteiger partial charge in [-0.3, -0.25) is 18.8 Å². The van der Waals surface area contributed by atoms with Crippen molar-refractivity contribution in [3.63, 3.8) is 0 Å². The summed E-state index contributed by atoms with van der Waals surface area (Å²) in [4.78, 5) is 37.9. The maximum absolute atomic E-state index is 12.7. The second-order valence-corrected chi connectivity index (χ2v) is 8.27. The fourth-order valence-corrected chi connectivity index (χ4v) is 3.79. The minimum absolute atomic E-state index is 0.0543. The molecule has 1 saturated heterocycles. The van der Waals surface area contributed by atoms with Crippen molar-refractivity contribution < 1.29 is 28.6 Å². The molecule has 0 aromatic rings. The van der Waals surface area contributed by atoms with E-state index in [9.17, 15) is 23.9 Å². The van der Waals surface area contributed by atoms with E-state index >= 15 is 0 Å². The molecule has 0 aromatic heterocycles. The van der Waals surface area contributed by atoms with Crippen LogP contribution >= 0.6 is 0 Å². The van der Waals surface area contributed by atoms with Crippen LogP contribution in [0.1, 0.15) is 52.9 Å². The topological polar surface area (TPSA) is 83.9 Å². The van der Waals surface area contributed by atoms with E-state index in [1.54, 1.807) is 0 Å². The van der Waals surface area contributed by atoms with Crippen molar-refractivity contribution in [3.8, 4) is 0 Å². The van der Waals surface area contributed by atoms with Crippen LogP contribution in [-0.4, -0.2) is 53.2 Å². The summed E-state index contributed by atoms with van der Waals surface area (Å²) in [6.07, 6.45) is 1.85. The Labute approximate surface area is 147 Å². The van der Waals surface area contributed by atoms with Crippen LogP contribution in [0.25, 0.3) is 0 Å². The summed E-state index contributed by atoms with van der Waals surface area (Å²) in [6, 6.07) is 0. The van der Waals surface area contributed by atoms with Gasteiger partial charge in [-0.2, -0.15) is 0 Å². The number of nitrogens with zero attached hydrogens (tertiary/aromatic N) is 1. The predicted molar refractivity (Wildman–Crippen MR) is 88.5 cm³/mol. The van der Waals surface area contributed by atoms with E-state index < -0.39 is 23.7 Å². The number of halogens is 1. The monoisotopic (exact) mass is 357 g/mol. The zero-order valence-corrected chi connectivity index (χ0v) is 15.2. The van der Waals surface area contributed by atoms with Gasteiger partial charge in [-0.05, 0) is 52.9 Å². The van der Waals surface area contributed by atoms with Gasteiger partial charge in [0.2, 0.25) is 5.91 Å². The molecular weight excluding hydrogens is 329 g/mol. The van der Waals surface area contributed by atoms with Crippen molar-refractivity contribution in [3.05, 3.63) is 0 Å². The number of carboxylic acid groups (broad SMARTS) is 1. The summed E-state index contributed by atoms with van der Waals surface area (Å²) in [5, 5.41) is 9.42. The molecule has 25 heavy (non-hydrogen) atoms. The average Bonchev–Trinajstić information content (AvgIpc) is 3.13. The molecule has 142 valence electrons. The van der Waals surface area contributed by atoms with Crippen LogP contribution in [0.3, 0.4) is 0 Å². The fourth-order valence-electron chi connectivity index (χ4n) is 3.79. The smallest absolute Gasteiger partial charge is 0.311 e. The van der Waals surface area contributed by atoms with Gasteiger partial charge < -0.3 is 14.7 Å². The van der Waals surface area contributed by atoms with Crippen molar-refractivity contribution in [2.45, 2.75) is 58.5 Å². The maximum atomic E-state index is 12.7. The number of carboxylic acids is 1. The number of likely N-dealkylation sites (tertiary alicyclic amines) is 1. The van der Waals surface area contributed by atoms with Crippen molar-refractivity contribution in [2.75, 3.05) is 19.8 Å². The Morgan fingerprint density at radius 2 is 1.88 bits per heavy atom. The van der Waals surface area contributed by atoms with E-state index in [1.807, 2.05) is 20.8 Å². The first-order valence-corrected chi connectivity index (χ1v) is 8.89. The molecule has 2 fully saturated rings. The van der Waals surface area contributed by atoms with Crippen LogP contribution in [0.5, 0.6) is 0 Å². The van der Waals surface area contributed by atoms with Crippen LogP contribution in [0.4, 0.5) is 4.39 Å². The number of ether oxygens (including phenoxy) is 1. The Morgan fingerprint density at radius 3 is 2.44 bits per heavy atom. The highest BCUT2D eigenvalue weighted by Gasteiger charge is 2.47. The molecule has 1 unspecified atom stereocenters. The van der Waals surface area contributed by atoms with E-state index in [4.69, 9.17) is 4.74 Å². The SMILES string of the molecule is CC(C)(C)OC(=O)[C@@H]1CC[C@H](C(=O)N2CCC(CCF)(C(=O)O)C2)C1. The molecule has 1 N–H and O–H groups in total. The van der Waals surface area contributed by atoms with Gasteiger partial charge in [0.1, 0.15) is 5.60 Å². The van der Waals surface area contributed by atoms with Crippen molar-refractivity contribution in [1.29, 1.82) is 0 Å². The normalized spacial score (nSPS) is 29.7. The van der Waals surface area contributed by atoms with Crippen LogP contribution in [0.15, 0.2) is 0 Å². The molecule has 1 aliphatic heterocycles. The van der Waals surface area contributed by atoms with Crippen molar-refractivity contribution in [2.24, 2.45) is 17.3 Å². The molecule has 1 heterocycles. The summed E-state index contributed by atoms with van der Waals surface area (Å²) >= 11 is 0. The Balaban J connectivity index is 1.94. The number of hydrogen-bond acceptors (Lipinski definition) is 4. The quantitative estimate of drug-likeness (QED) is 0.764. The van der Waals surface area contributed by atoms with Gasteiger partial charge >= 0.3 is 11.9 Å². The highest BCUT2D eigenvalue weighted by molar-refractivity contribution is 5.83. The minimum atomic E-state index is -1.17. The van der Waals surface area contributed by atoms with Gasteiger partial charge in [-0.15, -0.1) is 0 Å². The van der Waals surface area contributed by atoms with E-state index in [2.05, 4.69) is 0 Å². The zero-order chi connectivity index (χ0) is 18.8. The summed E-state index contributed by atoms with van der Waals surface area (Å²) in [6.45, 7) is 5.10. The Hall–Kier alpha value is -1.66. The van der Waals surface area contributed by atoms with Crippen molar-refractivity contribution in [1.82, 2.24) is 4.90 Å². The molecule has 2 aliphatic rings. The van der Waals surface area contributed by atoms with Gasteiger partial charge in [0.25, 0.3) is 0 Å². The summed E-state index contributed by atoms with van der Waals surface area (Å²) < 4.78 is 18.1. The first-order valence-electron chi connectivity index (χ1n) is 8.89. The third-order valence-corrected chi connectivity index (χ3v) is 5.21. The highest BCUT2D eigenvalue weighted by atomic mass is 19.1. The third-order valence-electron chi connectivity index (χ3n) is 5.21. The van der Waals surface area contributed by atoms with E-state index in [1.165, 1.54) is 4.90 Å². The number of hydrogen-bond donors (Lipinski definition) is 1. The maximum Gasteiger partial charge on any atom is 0.311 e. The molecule has 3 atom stereocenters. The van der Waals surface area contributed by atoms with Gasteiger partial charge in [0.05, 0.1) is 18.0 Å². The number of alkyl halides is 1. The number of amides is 1. The lowest BCUT2D eigenvalue weighted by atomic mass is 9.84. The zero-order valence-electron chi connectivity index (χ0n) is 15.2. The molecule has 2 rings (SSSR count). The lowest BCUT2D eigenvalue weighted by Gasteiger charge is -2.25. The van der Waals surface area contributed by atoms with Crippen LogP contribution in [-0.2, 0) is 19.1 Å². The summed E-state index contributed by atoms with van der Waals surface area (Å²) in [7, 11) is 0. The first kappa shape index (κ1) is 19.7. The van der Waals surface area contributed by atoms with Crippen LogP contribution in [0.2, 0.25) is 0 Å². The number of carbonyl (C=O) groups is 3. The average molecular weight is 357 g/mol. The number of aliphatic carboxylic acids is 1. The highest BCUT2D eigenvalue weighted by Crippen LogP contribution is 2.39. The molecule has 0 radical (unpaired) electrons. The Bertz CT molecular complexity index is 544.